The average molecular weight is 286 g/mol. The summed E-state index contributed by atoms with van der Waals surface area (Å²) in [6.07, 6.45) is 0.933. The van der Waals surface area contributed by atoms with Crippen LogP contribution in [0.25, 0.3) is 0 Å². The van der Waals surface area contributed by atoms with Crippen molar-refractivity contribution in [3.63, 3.8) is 0 Å². The summed E-state index contributed by atoms with van der Waals surface area (Å²) in [5.41, 5.74) is 2.79. The van der Waals surface area contributed by atoms with Crippen molar-refractivity contribution in [3.05, 3.63) is 29.3 Å². The van der Waals surface area contributed by atoms with Crippen LogP contribution in [0.5, 0.6) is 0 Å². The second-order valence-electron chi connectivity index (χ2n) is 5.34. The molecule has 5 heteroatoms. The lowest BCUT2D eigenvalue weighted by Gasteiger charge is -2.24. The average Bonchev–Trinajstić information content (AvgIpc) is 2.73. The van der Waals surface area contributed by atoms with Gasteiger partial charge in [-0.25, -0.2) is 0 Å². The van der Waals surface area contributed by atoms with E-state index in [4.69, 9.17) is 0 Å². The lowest BCUT2D eigenvalue weighted by molar-refractivity contribution is -0.128. The second-order valence-corrected chi connectivity index (χ2v) is 5.34. The first-order valence-electron chi connectivity index (χ1n) is 7.33. The Kier molecular flexibility index (Phi) is 5.18. The number of carbonyl (C=O) groups excluding carboxylic acids is 1. The summed E-state index contributed by atoms with van der Waals surface area (Å²) in [4.78, 5) is 15.6. The molecule has 5 nitrogen and oxygen atoms in total. The maximum absolute atomic E-state index is 11.5. The molecule has 0 aliphatic carbocycles. The molecule has 112 valence electrons. The SMILES string of the molecule is CNCc1ccc(N2CCCN(C(C)=O)CC2)c(C#N)c1. The Hall–Kier alpha value is -2.06. The molecule has 0 unspecified atom stereocenters. The van der Waals surface area contributed by atoms with E-state index in [0.29, 0.717) is 5.56 Å². The number of carbonyl (C=O) groups is 1. The number of benzene rings is 1. The zero-order valence-electron chi connectivity index (χ0n) is 12.7. The highest BCUT2D eigenvalue weighted by Crippen LogP contribution is 2.23. The van der Waals surface area contributed by atoms with E-state index < -0.39 is 0 Å². The molecule has 2 rings (SSSR count). The monoisotopic (exact) mass is 286 g/mol. The first-order valence-corrected chi connectivity index (χ1v) is 7.33. The van der Waals surface area contributed by atoms with Gasteiger partial charge in [0.25, 0.3) is 0 Å². The second kappa shape index (κ2) is 7.09. The highest BCUT2D eigenvalue weighted by molar-refractivity contribution is 5.73. The van der Waals surface area contributed by atoms with Crippen LogP contribution in [-0.2, 0) is 11.3 Å². The van der Waals surface area contributed by atoms with Gasteiger partial charge >= 0.3 is 0 Å². The number of anilines is 1. The van der Waals surface area contributed by atoms with Gasteiger partial charge in [-0.3, -0.25) is 4.79 Å². The number of hydrogen-bond acceptors (Lipinski definition) is 4. The van der Waals surface area contributed by atoms with Gasteiger partial charge in [-0.05, 0) is 31.2 Å². The van der Waals surface area contributed by atoms with Crippen molar-refractivity contribution in [3.8, 4) is 6.07 Å². The summed E-state index contributed by atoms with van der Waals surface area (Å²) in [5.74, 6) is 0.127. The van der Waals surface area contributed by atoms with Gasteiger partial charge in [0.05, 0.1) is 11.3 Å². The molecular formula is C16H22N4O. The molecule has 0 radical (unpaired) electrons. The minimum absolute atomic E-state index is 0.127. The fraction of sp³-hybridized carbons (Fsp3) is 0.500. The van der Waals surface area contributed by atoms with Gasteiger partial charge in [0.15, 0.2) is 0 Å². The smallest absolute Gasteiger partial charge is 0.219 e. The summed E-state index contributed by atoms with van der Waals surface area (Å²) in [5, 5.41) is 12.5. The number of nitriles is 1. The van der Waals surface area contributed by atoms with Crippen molar-refractivity contribution in [1.82, 2.24) is 10.2 Å². The van der Waals surface area contributed by atoms with Gasteiger partial charge < -0.3 is 15.1 Å². The van der Waals surface area contributed by atoms with Crippen molar-refractivity contribution in [2.75, 3.05) is 38.1 Å². The molecule has 0 bridgehead atoms. The Balaban J connectivity index is 2.18. The Bertz CT molecular complexity index is 550. The van der Waals surface area contributed by atoms with E-state index in [9.17, 15) is 10.1 Å². The minimum Gasteiger partial charge on any atom is -0.369 e. The standard InChI is InChI=1S/C16H22N4O/c1-13(21)19-6-3-7-20(9-8-19)16-5-4-14(12-18-2)10-15(16)11-17/h4-5,10,18H,3,6-9,12H2,1-2H3. The maximum atomic E-state index is 11.5. The molecule has 1 fully saturated rings. The predicted octanol–water partition coefficient (Wildman–Crippen LogP) is 1.34. The molecule has 1 N–H and O–H groups in total. The molecular weight excluding hydrogens is 264 g/mol. The molecule has 1 aliphatic rings. The molecule has 21 heavy (non-hydrogen) atoms. The molecule has 1 heterocycles. The van der Waals surface area contributed by atoms with Crippen LogP contribution in [0.3, 0.4) is 0 Å². The van der Waals surface area contributed by atoms with Crippen LogP contribution >= 0.6 is 0 Å². The van der Waals surface area contributed by atoms with Crippen molar-refractivity contribution >= 4 is 11.6 Å². The maximum Gasteiger partial charge on any atom is 0.219 e. The van der Waals surface area contributed by atoms with Gasteiger partial charge in [-0.15, -0.1) is 0 Å². The number of amides is 1. The number of nitrogens with zero attached hydrogens (tertiary/aromatic N) is 3. The van der Waals surface area contributed by atoms with Gasteiger partial charge in [-0.2, -0.15) is 5.26 Å². The quantitative estimate of drug-likeness (QED) is 0.911. The highest BCUT2D eigenvalue weighted by Gasteiger charge is 2.18. The largest absolute Gasteiger partial charge is 0.369 e. The Morgan fingerprint density at radius 3 is 2.81 bits per heavy atom. The third kappa shape index (κ3) is 3.73. The first-order chi connectivity index (χ1) is 10.2. The van der Waals surface area contributed by atoms with Crippen LogP contribution in [0.15, 0.2) is 18.2 Å². The van der Waals surface area contributed by atoms with Crippen LogP contribution in [0.1, 0.15) is 24.5 Å². The summed E-state index contributed by atoms with van der Waals surface area (Å²) >= 11 is 0. The fourth-order valence-corrected chi connectivity index (χ4v) is 2.74. The Morgan fingerprint density at radius 1 is 1.33 bits per heavy atom. The summed E-state index contributed by atoms with van der Waals surface area (Å²) in [7, 11) is 1.89. The van der Waals surface area contributed by atoms with E-state index in [-0.39, 0.29) is 5.91 Å². The normalized spacial score (nSPS) is 15.5. The van der Waals surface area contributed by atoms with Crippen molar-refractivity contribution < 1.29 is 4.79 Å². The van der Waals surface area contributed by atoms with E-state index >= 15 is 0 Å². The number of nitrogens with one attached hydrogen (secondary N) is 1. The van der Waals surface area contributed by atoms with Crippen molar-refractivity contribution in [1.29, 1.82) is 5.26 Å². The van der Waals surface area contributed by atoms with E-state index in [1.54, 1.807) is 6.92 Å². The number of hydrogen-bond donors (Lipinski definition) is 1. The van der Waals surface area contributed by atoms with E-state index in [1.165, 1.54) is 0 Å². The molecule has 1 aromatic rings. The first kappa shape index (κ1) is 15.3. The summed E-state index contributed by atoms with van der Waals surface area (Å²) in [6.45, 7) is 5.55. The van der Waals surface area contributed by atoms with Crippen LogP contribution in [0.2, 0.25) is 0 Å². The van der Waals surface area contributed by atoms with Crippen molar-refractivity contribution in [2.45, 2.75) is 19.9 Å². The van der Waals surface area contributed by atoms with E-state index in [1.807, 2.05) is 24.1 Å². The molecule has 1 aliphatic heterocycles. The minimum atomic E-state index is 0.127. The van der Waals surface area contributed by atoms with E-state index in [0.717, 1.165) is 50.4 Å². The van der Waals surface area contributed by atoms with E-state index in [2.05, 4.69) is 22.4 Å². The van der Waals surface area contributed by atoms with Crippen LogP contribution < -0.4 is 10.2 Å². The van der Waals surface area contributed by atoms with Crippen LogP contribution in [0, 0.1) is 11.3 Å². The van der Waals surface area contributed by atoms with Crippen LogP contribution in [0.4, 0.5) is 5.69 Å². The van der Waals surface area contributed by atoms with Gasteiger partial charge in [-0.1, -0.05) is 6.07 Å². The molecule has 0 spiro atoms. The number of rotatable bonds is 3. The molecule has 0 aromatic heterocycles. The molecule has 1 aromatic carbocycles. The highest BCUT2D eigenvalue weighted by atomic mass is 16.2. The zero-order valence-corrected chi connectivity index (χ0v) is 12.7. The van der Waals surface area contributed by atoms with Gasteiger partial charge in [0, 0.05) is 39.6 Å². The van der Waals surface area contributed by atoms with Gasteiger partial charge in [0.2, 0.25) is 5.91 Å². The molecule has 1 saturated heterocycles. The molecule has 0 atom stereocenters. The van der Waals surface area contributed by atoms with Crippen molar-refractivity contribution in [2.24, 2.45) is 0 Å². The third-order valence-corrected chi connectivity index (χ3v) is 3.84. The topological polar surface area (TPSA) is 59.4 Å². The predicted molar refractivity (Wildman–Crippen MR) is 83.0 cm³/mol. The zero-order chi connectivity index (χ0) is 15.2. The van der Waals surface area contributed by atoms with Crippen LogP contribution in [-0.4, -0.2) is 44.0 Å². The molecule has 0 saturated carbocycles. The summed E-state index contributed by atoms with van der Waals surface area (Å²) in [6, 6.07) is 8.32. The molecule has 1 amide bonds. The summed E-state index contributed by atoms with van der Waals surface area (Å²) < 4.78 is 0. The lowest BCUT2D eigenvalue weighted by Crippen LogP contribution is -2.33. The Morgan fingerprint density at radius 2 is 2.14 bits per heavy atom. The van der Waals surface area contributed by atoms with Gasteiger partial charge in [0.1, 0.15) is 6.07 Å². The Labute approximate surface area is 126 Å². The lowest BCUT2D eigenvalue weighted by atomic mass is 10.1. The third-order valence-electron chi connectivity index (χ3n) is 3.84. The fourth-order valence-electron chi connectivity index (χ4n) is 2.74.